The maximum Gasteiger partial charge on any atom is 0.417 e. The minimum Gasteiger partial charge on any atom is -0.497 e. The average Bonchev–Trinajstić information content (AvgIpc) is 2.85. The molecular weight excluding hydrogens is 283 g/mol. The van der Waals surface area contributed by atoms with Gasteiger partial charge in [-0.05, 0) is 18.2 Å². The number of benzene rings is 1. The van der Waals surface area contributed by atoms with Crippen LogP contribution in [0.4, 0.5) is 13.2 Å². The van der Waals surface area contributed by atoms with Crippen LogP contribution < -0.4 is 4.74 Å². The first-order valence-corrected chi connectivity index (χ1v) is 5.76. The normalized spacial score (nSPS) is 11.6. The first-order valence-electron chi connectivity index (χ1n) is 5.23. The van der Waals surface area contributed by atoms with Crippen molar-refractivity contribution in [3.8, 4) is 17.0 Å². The molecule has 0 N–H and O–H groups in total. The zero-order chi connectivity index (χ0) is 14.0. The maximum absolute atomic E-state index is 13.0. The van der Waals surface area contributed by atoms with Crippen molar-refractivity contribution in [3.63, 3.8) is 0 Å². The second kappa shape index (κ2) is 5.13. The summed E-state index contributed by atoms with van der Waals surface area (Å²) in [4.78, 5) is 0. The molecule has 0 amide bonds. The third kappa shape index (κ3) is 2.84. The second-order valence-electron chi connectivity index (χ2n) is 3.72. The van der Waals surface area contributed by atoms with E-state index in [2.05, 4.69) is 5.16 Å². The van der Waals surface area contributed by atoms with Gasteiger partial charge in [0.25, 0.3) is 0 Å². The average molecular weight is 292 g/mol. The Morgan fingerprint density at radius 2 is 2.05 bits per heavy atom. The lowest BCUT2D eigenvalue weighted by Gasteiger charge is -2.12. The summed E-state index contributed by atoms with van der Waals surface area (Å²) in [5, 5.41) is 3.59. The minimum atomic E-state index is -4.51. The van der Waals surface area contributed by atoms with E-state index < -0.39 is 11.7 Å². The molecule has 2 rings (SSSR count). The number of ether oxygens (including phenoxy) is 1. The Morgan fingerprint density at radius 1 is 1.32 bits per heavy atom. The van der Waals surface area contributed by atoms with E-state index in [-0.39, 0.29) is 22.9 Å². The smallest absolute Gasteiger partial charge is 0.417 e. The Morgan fingerprint density at radius 3 is 2.58 bits per heavy atom. The lowest BCUT2D eigenvalue weighted by molar-refractivity contribution is -0.137. The quantitative estimate of drug-likeness (QED) is 0.798. The van der Waals surface area contributed by atoms with Crippen LogP contribution in [0.3, 0.4) is 0 Å². The Bertz CT molecular complexity index is 581. The highest BCUT2D eigenvalue weighted by Crippen LogP contribution is 2.38. The van der Waals surface area contributed by atoms with Crippen molar-refractivity contribution in [3.05, 3.63) is 35.6 Å². The highest BCUT2D eigenvalue weighted by molar-refractivity contribution is 6.16. The van der Waals surface area contributed by atoms with Crippen molar-refractivity contribution in [2.75, 3.05) is 7.11 Å². The second-order valence-corrected chi connectivity index (χ2v) is 3.99. The van der Waals surface area contributed by atoms with Crippen molar-refractivity contribution in [2.24, 2.45) is 0 Å². The van der Waals surface area contributed by atoms with Gasteiger partial charge in [0.2, 0.25) is 0 Å². The number of hydrogen-bond donors (Lipinski definition) is 0. The number of rotatable bonds is 3. The lowest BCUT2D eigenvalue weighted by atomic mass is 10.0. The van der Waals surface area contributed by atoms with E-state index in [0.717, 1.165) is 6.07 Å². The van der Waals surface area contributed by atoms with Crippen LogP contribution in [0.5, 0.6) is 5.75 Å². The summed E-state index contributed by atoms with van der Waals surface area (Å²) in [7, 11) is 1.30. The van der Waals surface area contributed by atoms with Gasteiger partial charge in [-0.3, -0.25) is 0 Å². The summed E-state index contributed by atoms with van der Waals surface area (Å²) < 4.78 is 48.6. The number of halogens is 4. The van der Waals surface area contributed by atoms with Crippen LogP contribution in [0, 0.1) is 0 Å². The first kappa shape index (κ1) is 13.7. The SMILES string of the molecule is COc1ccc(-c2cc(CCl)on2)c(C(F)(F)F)c1. The Balaban J connectivity index is 2.55. The van der Waals surface area contributed by atoms with Gasteiger partial charge in [0.05, 0.1) is 18.6 Å². The Labute approximate surface area is 111 Å². The maximum atomic E-state index is 13.0. The minimum absolute atomic E-state index is 0.0461. The van der Waals surface area contributed by atoms with Gasteiger partial charge in [0.15, 0.2) is 5.76 Å². The summed E-state index contributed by atoms with van der Waals surface area (Å²) in [6.07, 6.45) is -4.51. The van der Waals surface area contributed by atoms with Gasteiger partial charge in [-0.2, -0.15) is 13.2 Å². The zero-order valence-electron chi connectivity index (χ0n) is 9.79. The predicted molar refractivity (Wildman–Crippen MR) is 63.1 cm³/mol. The molecular formula is C12H9ClF3NO2. The topological polar surface area (TPSA) is 35.3 Å². The number of nitrogens with zero attached hydrogens (tertiary/aromatic N) is 1. The molecule has 0 bridgehead atoms. The van der Waals surface area contributed by atoms with E-state index in [1.54, 1.807) is 0 Å². The van der Waals surface area contributed by atoms with Gasteiger partial charge >= 0.3 is 6.18 Å². The predicted octanol–water partition coefficient (Wildman–Crippen LogP) is 4.11. The van der Waals surface area contributed by atoms with E-state index >= 15 is 0 Å². The van der Waals surface area contributed by atoms with Crippen LogP contribution >= 0.6 is 11.6 Å². The molecule has 1 aromatic heterocycles. The van der Waals surface area contributed by atoms with Crippen molar-refractivity contribution in [2.45, 2.75) is 12.1 Å². The van der Waals surface area contributed by atoms with Crippen molar-refractivity contribution >= 4 is 11.6 Å². The molecule has 0 aliphatic rings. The fourth-order valence-corrected chi connectivity index (χ4v) is 1.74. The van der Waals surface area contributed by atoms with Crippen LogP contribution in [0.1, 0.15) is 11.3 Å². The van der Waals surface area contributed by atoms with Gasteiger partial charge in [0, 0.05) is 11.6 Å². The molecule has 1 heterocycles. The van der Waals surface area contributed by atoms with E-state index in [4.69, 9.17) is 20.9 Å². The zero-order valence-corrected chi connectivity index (χ0v) is 10.5. The summed E-state index contributed by atoms with van der Waals surface area (Å²) in [6.45, 7) is 0. The Kier molecular flexibility index (Phi) is 3.71. The summed E-state index contributed by atoms with van der Waals surface area (Å²) in [5.74, 6) is 0.475. The van der Waals surface area contributed by atoms with Gasteiger partial charge < -0.3 is 9.26 Å². The molecule has 102 valence electrons. The van der Waals surface area contributed by atoms with Crippen LogP contribution in [0.15, 0.2) is 28.8 Å². The van der Waals surface area contributed by atoms with E-state index in [1.165, 1.54) is 25.3 Å². The molecule has 0 atom stereocenters. The largest absolute Gasteiger partial charge is 0.497 e. The van der Waals surface area contributed by atoms with E-state index in [0.29, 0.717) is 5.76 Å². The third-order valence-corrected chi connectivity index (χ3v) is 2.76. The third-order valence-electron chi connectivity index (χ3n) is 2.50. The molecule has 0 radical (unpaired) electrons. The van der Waals surface area contributed by atoms with Crippen LogP contribution in [0.25, 0.3) is 11.3 Å². The van der Waals surface area contributed by atoms with Gasteiger partial charge in [-0.25, -0.2) is 0 Å². The number of hydrogen-bond acceptors (Lipinski definition) is 3. The molecule has 0 saturated carbocycles. The fraction of sp³-hybridized carbons (Fsp3) is 0.250. The van der Waals surface area contributed by atoms with E-state index in [1.807, 2.05) is 0 Å². The molecule has 0 spiro atoms. The lowest BCUT2D eigenvalue weighted by Crippen LogP contribution is -2.07. The standard InChI is InChI=1S/C12H9ClF3NO2/c1-18-7-2-3-9(10(4-7)12(14,15)16)11-5-8(6-13)19-17-11/h2-5H,6H2,1H3. The summed E-state index contributed by atoms with van der Waals surface area (Å²) in [5.41, 5.74) is -0.819. The highest BCUT2D eigenvalue weighted by atomic mass is 35.5. The molecule has 19 heavy (non-hydrogen) atoms. The fourth-order valence-electron chi connectivity index (χ4n) is 1.61. The van der Waals surface area contributed by atoms with E-state index in [9.17, 15) is 13.2 Å². The molecule has 2 aromatic rings. The molecule has 0 unspecified atom stereocenters. The number of aromatic nitrogens is 1. The van der Waals surface area contributed by atoms with Crippen molar-refractivity contribution in [1.29, 1.82) is 0 Å². The molecule has 7 heteroatoms. The Hall–Kier alpha value is -1.69. The molecule has 0 aliphatic heterocycles. The molecule has 1 aromatic carbocycles. The monoisotopic (exact) mass is 291 g/mol. The summed E-state index contributed by atoms with van der Waals surface area (Å²) in [6, 6.07) is 5.02. The van der Waals surface area contributed by atoms with Gasteiger partial charge in [-0.1, -0.05) is 5.16 Å². The van der Waals surface area contributed by atoms with Crippen molar-refractivity contribution < 1.29 is 22.4 Å². The van der Waals surface area contributed by atoms with Crippen LogP contribution in [-0.2, 0) is 12.1 Å². The van der Waals surface area contributed by atoms with Crippen molar-refractivity contribution in [1.82, 2.24) is 5.16 Å². The summed E-state index contributed by atoms with van der Waals surface area (Å²) >= 11 is 5.53. The van der Waals surface area contributed by atoms with Gasteiger partial charge in [0.1, 0.15) is 11.4 Å². The highest BCUT2D eigenvalue weighted by Gasteiger charge is 2.35. The molecule has 3 nitrogen and oxygen atoms in total. The first-order chi connectivity index (χ1) is 8.95. The van der Waals surface area contributed by atoms with Gasteiger partial charge in [-0.15, -0.1) is 11.6 Å². The van der Waals surface area contributed by atoms with Crippen LogP contribution in [0.2, 0.25) is 0 Å². The number of alkyl halides is 4. The molecule has 0 fully saturated rings. The number of methoxy groups -OCH3 is 1. The van der Waals surface area contributed by atoms with Crippen LogP contribution in [-0.4, -0.2) is 12.3 Å². The molecule has 0 aliphatic carbocycles. The molecule has 0 saturated heterocycles.